The third kappa shape index (κ3) is 3.44. The maximum atomic E-state index is 13.7. The molecule has 0 aromatic heterocycles. The van der Waals surface area contributed by atoms with Gasteiger partial charge in [-0.15, -0.1) is 0 Å². The Hall–Kier alpha value is -1.58. The summed E-state index contributed by atoms with van der Waals surface area (Å²) in [5.74, 6) is -0.820. The summed E-state index contributed by atoms with van der Waals surface area (Å²) in [6.45, 7) is 7.19. The van der Waals surface area contributed by atoms with E-state index in [0.29, 0.717) is 11.1 Å². The standard InChI is InChI=1S/C13H17FO3/c1-5-16-13(15)10-6-9(4)12(14)11(7-10)17-8(2)3/h6-8H,5H2,1-4H3. The van der Waals surface area contributed by atoms with Gasteiger partial charge in [0, 0.05) is 0 Å². The second-order valence-electron chi connectivity index (χ2n) is 3.99. The molecule has 0 heterocycles. The fraction of sp³-hybridized carbons (Fsp3) is 0.462. The fourth-order valence-electron chi connectivity index (χ4n) is 1.41. The number of carbonyl (C=O) groups excluding carboxylic acids is 1. The Bertz CT molecular complexity index is 413. The van der Waals surface area contributed by atoms with E-state index < -0.39 is 11.8 Å². The van der Waals surface area contributed by atoms with Gasteiger partial charge in [0.2, 0.25) is 0 Å². The van der Waals surface area contributed by atoms with Crippen molar-refractivity contribution >= 4 is 5.97 Å². The number of carbonyl (C=O) groups is 1. The monoisotopic (exact) mass is 240 g/mol. The maximum Gasteiger partial charge on any atom is 0.338 e. The lowest BCUT2D eigenvalue weighted by Crippen LogP contribution is -2.10. The van der Waals surface area contributed by atoms with Gasteiger partial charge in [0.25, 0.3) is 0 Å². The van der Waals surface area contributed by atoms with E-state index in [4.69, 9.17) is 9.47 Å². The van der Waals surface area contributed by atoms with Crippen LogP contribution in [0.2, 0.25) is 0 Å². The molecule has 0 radical (unpaired) electrons. The van der Waals surface area contributed by atoms with Crippen molar-refractivity contribution in [1.29, 1.82) is 0 Å². The highest BCUT2D eigenvalue weighted by atomic mass is 19.1. The molecule has 0 amide bonds. The molecule has 0 fully saturated rings. The Balaban J connectivity index is 3.09. The minimum Gasteiger partial charge on any atom is -0.488 e. The molecule has 17 heavy (non-hydrogen) atoms. The second kappa shape index (κ2) is 5.66. The Labute approximate surface area is 101 Å². The van der Waals surface area contributed by atoms with Crippen molar-refractivity contribution in [3.8, 4) is 5.75 Å². The molecule has 1 aromatic carbocycles. The van der Waals surface area contributed by atoms with Crippen LogP contribution in [0, 0.1) is 12.7 Å². The summed E-state index contributed by atoms with van der Waals surface area (Å²) in [6.07, 6.45) is -0.152. The minimum atomic E-state index is -0.468. The number of rotatable bonds is 4. The van der Waals surface area contributed by atoms with Gasteiger partial charge in [0.15, 0.2) is 11.6 Å². The van der Waals surface area contributed by atoms with Gasteiger partial charge in [0.05, 0.1) is 18.3 Å². The molecule has 94 valence electrons. The van der Waals surface area contributed by atoms with Gasteiger partial charge in [-0.2, -0.15) is 0 Å². The normalized spacial score (nSPS) is 10.5. The van der Waals surface area contributed by atoms with Crippen molar-refractivity contribution in [2.24, 2.45) is 0 Å². The predicted molar refractivity (Wildman–Crippen MR) is 62.9 cm³/mol. The van der Waals surface area contributed by atoms with E-state index in [9.17, 15) is 9.18 Å². The first-order chi connectivity index (χ1) is 7.95. The average molecular weight is 240 g/mol. The van der Waals surface area contributed by atoms with Crippen LogP contribution in [0.25, 0.3) is 0 Å². The maximum absolute atomic E-state index is 13.7. The molecule has 0 aliphatic heterocycles. The van der Waals surface area contributed by atoms with Crippen LogP contribution in [-0.2, 0) is 4.74 Å². The molecule has 4 heteroatoms. The van der Waals surface area contributed by atoms with Gasteiger partial charge >= 0.3 is 5.97 Å². The van der Waals surface area contributed by atoms with Gasteiger partial charge in [-0.1, -0.05) is 0 Å². The molecule has 0 aliphatic rings. The summed E-state index contributed by atoms with van der Waals surface area (Å²) in [5.41, 5.74) is 0.674. The van der Waals surface area contributed by atoms with Gasteiger partial charge in [-0.3, -0.25) is 0 Å². The third-order valence-electron chi connectivity index (χ3n) is 2.09. The Morgan fingerprint density at radius 3 is 2.59 bits per heavy atom. The fourth-order valence-corrected chi connectivity index (χ4v) is 1.41. The average Bonchev–Trinajstić information content (AvgIpc) is 2.24. The van der Waals surface area contributed by atoms with E-state index in [1.165, 1.54) is 12.1 Å². The SMILES string of the molecule is CCOC(=O)c1cc(C)c(F)c(OC(C)C)c1. The zero-order chi connectivity index (χ0) is 13.0. The first-order valence-corrected chi connectivity index (χ1v) is 5.59. The predicted octanol–water partition coefficient (Wildman–Crippen LogP) is 3.10. The van der Waals surface area contributed by atoms with Crippen molar-refractivity contribution in [2.75, 3.05) is 6.61 Å². The molecule has 3 nitrogen and oxygen atoms in total. The summed E-state index contributed by atoms with van der Waals surface area (Å²) in [6, 6.07) is 2.83. The molecule has 1 rings (SSSR count). The molecule has 0 spiro atoms. The van der Waals surface area contributed by atoms with Crippen LogP contribution in [0.15, 0.2) is 12.1 Å². The number of halogens is 1. The number of benzene rings is 1. The number of hydrogen-bond donors (Lipinski definition) is 0. The van der Waals surface area contributed by atoms with Crippen LogP contribution >= 0.6 is 0 Å². The highest BCUT2D eigenvalue weighted by Gasteiger charge is 2.15. The molecule has 0 unspecified atom stereocenters. The lowest BCUT2D eigenvalue weighted by molar-refractivity contribution is 0.0525. The smallest absolute Gasteiger partial charge is 0.338 e. The van der Waals surface area contributed by atoms with Crippen LogP contribution in [-0.4, -0.2) is 18.7 Å². The van der Waals surface area contributed by atoms with Crippen LogP contribution in [0.3, 0.4) is 0 Å². The number of hydrogen-bond acceptors (Lipinski definition) is 3. The molecule has 0 bridgehead atoms. The molecular weight excluding hydrogens is 223 g/mol. The Kier molecular flexibility index (Phi) is 4.49. The zero-order valence-corrected chi connectivity index (χ0v) is 10.5. The van der Waals surface area contributed by atoms with Crippen molar-refractivity contribution in [2.45, 2.75) is 33.8 Å². The van der Waals surface area contributed by atoms with Crippen molar-refractivity contribution in [3.63, 3.8) is 0 Å². The van der Waals surface area contributed by atoms with E-state index in [2.05, 4.69) is 0 Å². The second-order valence-corrected chi connectivity index (χ2v) is 3.99. The zero-order valence-electron chi connectivity index (χ0n) is 10.5. The summed E-state index contributed by atoms with van der Waals surface area (Å²) >= 11 is 0. The van der Waals surface area contributed by atoms with Gasteiger partial charge in [-0.25, -0.2) is 9.18 Å². The van der Waals surface area contributed by atoms with Gasteiger partial charge < -0.3 is 9.47 Å². The van der Waals surface area contributed by atoms with E-state index in [1.807, 2.05) is 0 Å². The van der Waals surface area contributed by atoms with Crippen molar-refractivity contribution in [3.05, 3.63) is 29.1 Å². The molecule has 0 aliphatic carbocycles. The highest BCUT2D eigenvalue weighted by molar-refractivity contribution is 5.90. The highest BCUT2D eigenvalue weighted by Crippen LogP contribution is 2.24. The van der Waals surface area contributed by atoms with Crippen LogP contribution in [0.1, 0.15) is 36.7 Å². The third-order valence-corrected chi connectivity index (χ3v) is 2.09. The molecule has 0 saturated carbocycles. The number of esters is 1. The van der Waals surface area contributed by atoms with E-state index in [-0.39, 0.29) is 18.5 Å². The number of aryl methyl sites for hydroxylation is 1. The summed E-state index contributed by atoms with van der Waals surface area (Å²) in [5, 5.41) is 0. The lowest BCUT2D eigenvalue weighted by atomic mass is 10.1. The van der Waals surface area contributed by atoms with Crippen LogP contribution < -0.4 is 4.74 Å². The molecule has 0 N–H and O–H groups in total. The number of ether oxygens (including phenoxy) is 2. The van der Waals surface area contributed by atoms with Gasteiger partial charge in [-0.05, 0) is 45.4 Å². The van der Waals surface area contributed by atoms with E-state index in [1.54, 1.807) is 27.7 Å². The van der Waals surface area contributed by atoms with Crippen LogP contribution in [0.5, 0.6) is 5.75 Å². The largest absolute Gasteiger partial charge is 0.488 e. The van der Waals surface area contributed by atoms with Crippen molar-refractivity contribution in [1.82, 2.24) is 0 Å². The first kappa shape index (κ1) is 13.5. The molecule has 1 aromatic rings. The summed E-state index contributed by atoms with van der Waals surface area (Å²) in [7, 11) is 0. The lowest BCUT2D eigenvalue weighted by Gasteiger charge is -2.13. The Morgan fingerprint density at radius 1 is 1.41 bits per heavy atom. The van der Waals surface area contributed by atoms with E-state index >= 15 is 0 Å². The van der Waals surface area contributed by atoms with Crippen molar-refractivity contribution < 1.29 is 18.7 Å². The van der Waals surface area contributed by atoms with Gasteiger partial charge in [0.1, 0.15) is 0 Å². The summed E-state index contributed by atoms with van der Waals surface area (Å²) in [4.78, 5) is 11.5. The molecule has 0 atom stereocenters. The van der Waals surface area contributed by atoms with Crippen LogP contribution in [0.4, 0.5) is 4.39 Å². The molecule has 0 saturated heterocycles. The van der Waals surface area contributed by atoms with E-state index in [0.717, 1.165) is 0 Å². The topological polar surface area (TPSA) is 35.5 Å². The Morgan fingerprint density at radius 2 is 2.06 bits per heavy atom. The quantitative estimate of drug-likeness (QED) is 0.758. The summed E-state index contributed by atoms with van der Waals surface area (Å²) < 4.78 is 23.9. The first-order valence-electron chi connectivity index (χ1n) is 5.59. The molecular formula is C13H17FO3. The minimum absolute atomic E-state index is 0.0862.